The minimum absolute atomic E-state index is 0.423. The Morgan fingerprint density at radius 3 is 2.53 bits per heavy atom. The van der Waals surface area contributed by atoms with Crippen LogP contribution in [0.5, 0.6) is 5.88 Å². The van der Waals surface area contributed by atoms with Crippen molar-refractivity contribution in [3.63, 3.8) is 0 Å². The molecule has 0 unspecified atom stereocenters. The summed E-state index contributed by atoms with van der Waals surface area (Å²) in [6.45, 7) is 0. The molecular weight excluding hydrogens is 260 g/mol. The molecule has 0 fully saturated rings. The number of nitrogens with zero attached hydrogens (tertiary/aromatic N) is 2. The third kappa shape index (κ3) is 2.25. The van der Waals surface area contributed by atoms with Crippen molar-refractivity contribution in [1.82, 2.24) is 9.97 Å². The van der Waals surface area contributed by atoms with Crippen molar-refractivity contribution in [2.45, 2.75) is 0 Å². The standard InChI is InChI=1S/C15H11ClN2O/c1-19-14-9-12(10-5-3-2-4-6-10)11-7-8-13(16)17-15(11)18-14/h2-9H,1H3. The number of halogens is 1. The average molecular weight is 271 g/mol. The second kappa shape index (κ2) is 4.86. The molecule has 0 amide bonds. The Morgan fingerprint density at radius 2 is 1.79 bits per heavy atom. The first-order valence-electron chi connectivity index (χ1n) is 5.84. The van der Waals surface area contributed by atoms with Gasteiger partial charge in [-0.2, -0.15) is 4.98 Å². The van der Waals surface area contributed by atoms with Crippen LogP contribution in [-0.4, -0.2) is 17.1 Å². The Hall–Kier alpha value is -2.13. The van der Waals surface area contributed by atoms with Gasteiger partial charge in [0.2, 0.25) is 5.88 Å². The topological polar surface area (TPSA) is 35.0 Å². The highest BCUT2D eigenvalue weighted by Gasteiger charge is 2.09. The van der Waals surface area contributed by atoms with Crippen LogP contribution in [0.3, 0.4) is 0 Å². The summed E-state index contributed by atoms with van der Waals surface area (Å²) >= 11 is 5.92. The molecule has 0 spiro atoms. The number of benzene rings is 1. The van der Waals surface area contributed by atoms with Gasteiger partial charge in [0.25, 0.3) is 0 Å². The second-order valence-electron chi connectivity index (χ2n) is 4.08. The number of pyridine rings is 2. The van der Waals surface area contributed by atoms with Crippen molar-refractivity contribution in [3.8, 4) is 17.0 Å². The van der Waals surface area contributed by atoms with E-state index in [0.29, 0.717) is 16.7 Å². The fourth-order valence-corrected chi connectivity index (χ4v) is 2.16. The maximum Gasteiger partial charge on any atom is 0.215 e. The zero-order valence-corrected chi connectivity index (χ0v) is 11.1. The fraction of sp³-hybridized carbons (Fsp3) is 0.0667. The zero-order valence-electron chi connectivity index (χ0n) is 10.3. The Kier molecular flexibility index (Phi) is 3.05. The number of ether oxygens (including phenoxy) is 1. The van der Waals surface area contributed by atoms with E-state index in [0.717, 1.165) is 16.5 Å². The number of methoxy groups -OCH3 is 1. The molecule has 0 bridgehead atoms. The Morgan fingerprint density at radius 1 is 1.00 bits per heavy atom. The largest absolute Gasteiger partial charge is 0.481 e. The predicted octanol–water partition coefficient (Wildman–Crippen LogP) is 3.96. The molecule has 0 aliphatic rings. The Labute approximate surface area is 115 Å². The molecular formula is C15H11ClN2O. The van der Waals surface area contributed by atoms with Crippen LogP contribution in [-0.2, 0) is 0 Å². The molecule has 0 aliphatic carbocycles. The predicted molar refractivity (Wildman–Crippen MR) is 76.5 cm³/mol. The summed E-state index contributed by atoms with van der Waals surface area (Å²) in [7, 11) is 1.59. The van der Waals surface area contributed by atoms with Crippen LogP contribution >= 0.6 is 11.6 Å². The van der Waals surface area contributed by atoms with Crippen LogP contribution in [0.25, 0.3) is 22.2 Å². The molecule has 3 nitrogen and oxygen atoms in total. The zero-order chi connectivity index (χ0) is 13.2. The highest BCUT2D eigenvalue weighted by molar-refractivity contribution is 6.29. The minimum Gasteiger partial charge on any atom is -0.481 e. The quantitative estimate of drug-likeness (QED) is 0.661. The molecule has 0 atom stereocenters. The van der Waals surface area contributed by atoms with E-state index in [1.165, 1.54) is 0 Å². The van der Waals surface area contributed by atoms with Gasteiger partial charge in [-0.25, -0.2) is 4.98 Å². The Bertz CT molecular complexity index is 729. The molecule has 2 heterocycles. The summed E-state index contributed by atoms with van der Waals surface area (Å²) < 4.78 is 5.23. The van der Waals surface area contributed by atoms with Gasteiger partial charge < -0.3 is 4.74 Å². The van der Waals surface area contributed by atoms with Gasteiger partial charge in [-0.05, 0) is 23.3 Å². The summed E-state index contributed by atoms with van der Waals surface area (Å²) in [5, 5.41) is 1.38. The molecule has 0 radical (unpaired) electrons. The van der Waals surface area contributed by atoms with Gasteiger partial charge in [0, 0.05) is 11.5 Å². The first-order chi connectivity index (χ1) is 9.28. The SMILES string of the molecule is COc1cc(-c2ccccc2)c2ccc(Cl)nc2n1. The molecule has 0 saturated heterocycles. The van der Waals surface area contributed by atoms with E-state index < -0.39 is 0 Å². The lowest BCUT2D eigenvalue weighted by molar-refractivity contribution is 0.399. The van der Waals surface area contributed by atoms with Crippen LogP contribution < -0.4 is 4.74 Å². The third-order valence-electron chi connectivity index (χ3n) is 2.91. The highest BCUT2D eigenvalue weighted by atomic mass is 35.5. The van der Waals surface area contributed by atoms with Gasteiger partial charge in [-0.15, -0.1) is 0 Å². The van der Waals surface area contributed by atoms with E-state index in [4.69, 9.17) is 16.3 Å². The molecule has 0 saturated carbocycles. The average Bonchev–Trinajstić information content (AvgIpc) is 2.46. The van der Waals surface area contributed by atoms with Crippen LogP contribution in [0.15, 0.2) is 48.5 Å². The number of fused-ring (bicyclic) bond motifs is 1. The number of hydrogen-bond acceptors (Lipinski definition) is 3. The van der Waals surface area contributed by atoms with Gasteiger partial charge >= 0.3 is 0 Å². The van der Waals surface area contributed by atoms with E-state index in [1.807, 2.05) is 42.5 Å². The van der Waals surface area contributed by atoms with E-state index in [1.54, 1.807) is 13.2 Å². The molecule has 1 aromatic carbocycles. The van der Waals surface area contributed by atoms with E-state index in [-0.39, 0.29) is 0 Å². The molecule has 0 aliphatic heterocycles. The van der Waals surface area contributed by atoms with Crippen LogP contribution in [0, 0.1) is 0 Å². The van der Waals surface area contributed by atoms with Crippen molar-refractivity contribution in [3.05, 3.63) is 53.7 Å². The lowest BCUT2D eigenvalue weighted by Gasteiger charge is -2.08. The minimum atomic E-state index is 0.423. The number of hydrogen-bond donors (Lipinski definition) is 0. The van der Waals surface area contributed by atoms with Gasteiger partial charge in [-0.3, -0.25) is 0 Å². The number of aromatic nitrogens is 2. The number of rotatable bonds is 2. The lowest BCUT2D eigenvalue weighted by atomic mass is 10.0. The van der Waals surface area contributed by atoms with Crippen LogP contribution in [0.1, 0.15) is 0 Å². The summed E-state index contributed by atoms with van der Waals surface area (Å²) in [5.41, 5.74) is 2.72. The summed E-state index contributed by atoms with van der Waals surface area (Å²) in [5.74, 6) is 0.529. The maximum atomic E-state index is 5.92. The molecule has 94 valence electrons. The van der Waals surface area contributed by atoms with E-state index in [9.17, 15) is 0 Å². The van der Waals surface area contributed by atoms with Crippen LogP contribution in [0.4, 0.5) is 0 Å². The molecule has 4 heteroatoms. The second-order valence-corrected chi connectivity index (χ2v) is 4.47. The van der Waals surface area contributed by atoms with E-state index in [2.05, 4.69) is 9.97 Å². The Balaban J connectivity index is 2.33. The van der Waals surface area contributed by atoms with Crippen molar-refractivity contribution >= 4 is 22.6 Å². The van der Waals surface area contributed by atoms with E-state index >= 15 is 0 Å². The van der Waals surface area contributed by atoms with Crippen molar-refractivity contribution in [2.24, 2.45) is 0 Å². The van der Waals surface area contributed by atoms with Crippen molar-refractivity contribution in [1.29, 1.82) is 0 Å². The molecule has 3 aromatic rings. The van der Waals surface area contributed by atoms with Crippen molar-refractivity contribution in [2.75, 3.05) is 7.11 Å². The molecule has 2 aromatic heterocycles. The molecule has 3 rings (SSSR count). The van der Waals surface area contributed by atoms with Crippen molar-refractivity contribution < 1.29 is 4.74 Å². The summed E-state index contributed by atoms with van der Waals surface area (Å²) in [6, 6.07) is 15.7. The first kappa shape index (κ1) is 11.9. The summed E-state index contributed by atoms with van der Waals surface area (Å²) in [6.07, 6.45) is 0. The molecule has 19 heavy (non-hydrogen) atoms. The van der Waals surface area contributed by atoms with Gasteiger partial charge in [0.05, 0.1) is 7.11 Å². The summed E-state index contributed by atoms with van der Waals surface area (Å²) in [4.78, 5) is 8.57. The molecule has 0 N–H and O–H groups in total. The first-order valence-corrected chi connectivity index (χ1v) is 6.22. The fourth-order valence-electron chi connectivity index (χ4n) is 2.02. The third-order valence-corrected chi connectivity index (χ3v) is 3.12. The van der Waals surface area contributed by atoms with Gasteiger partial charge in [0.15, 0.2) is 5.65 Å². The monoisotopic (exact) mass is 270 g/mol. The van der Waals surface area contributed by atoms with Gasteiger partial charge in [-0.1, -0.05) is 41.9 Å². The smallest absolute Gasteiger partial charge is 0.215 e. The van der Waals surface area contributed by atoms with Gasteiger partial charge in [0.1, 0.15) is 5.15 Å². The normalized spacial score (nSPS) is 10.6. The highest BCUT2D eigenvalue weighted by Crippen LogP contribution is 2.30. The lowest BCUT2D eigenvalue weighted by Crippen LogP contribution is -1.93. The maximum absolute atomic E-state index is 5.92. The van der Waals surface area contributed by atoms with Crippen LogP contribution in [0.2, 0.25) is 5.15 Å².